The van der Waals surface area contributed by atoms with Gasteiger partial charge in [-0.25, -0.2) is 0 Å². The van der Waals surface area contributed by atoms with Crippen LogP contribution < -0.4 is 24.3 Å². The number of nitrogens with zero attached hydrogens (tertiary/aromatic N) is 1. The Bertz CT molecular complexity index is 703. The van der Waals surface area contributed by atoms with Gasteiger partial charge < -0.3 is 24.3 Å². The lowest BCUT2D eigenvalue weighted by molar-refractivity contribution is 0.102. The van der Waals surface area contributed by atoms with Crippen LogP contribution in [0.25, 0.3) is 0 Å². The highest BCUT2D eigenvalue weighted by Crippen LogP contribution is 2.30. The van der Waals surface area contributed by atoms with E-state index in [1.54, 1.807) is 37.4 Å². The molecule has 0 saturated heterocycles. The fourth-order valence-electron chi connectivity index (χ4n) is 1.98. The molecule has 7 nitrogen and oxygen atoms in total. The minimum absolute atomic E-state index is 0.183. The number of amides is 1. The molecule has 0 aliphatic carbocycles. The van der Waals surface area contributed by atoms with Gasteiger partial charge in [0.1, 0.15) is 5.56 Å². The summed E-state index contributed by atoms with van der Waals surface area (Å²) in [6, 6.07) is 8.26. The van der Waals surface area contributed by atoms with E-state index in [-0.39, 0.29) is 11.8 Å². The second-order valence-corrected chi connectivity index (χ2v) is 4.43. The predicted molar refractivity (Wildman–Crippen MR) is 84.8 cm³/mol. The lowest BCUT2D eigenvalue weighted by Crippen LogP contribution is -2.14. The third-order valence-corrected chi connectivity index (χ3v) is 3.12. The minimum Gasteiger partial charge on any atom is -0.493 e. The summed E-state index contributed by atoms with van der Waals surface area (Å²) >= 11 is 0. The first-order valence-electron chi connectivity index (χ1n) is 6.75. The van der Waals surface area contributed by atoms with Gasteiger partial charge in [0.25, 0.3) is 5.91 Å². The van der Waals surface area contributed by atoms with Crippen LogP contribution in [0.1, 0.15) is 10.4 Å². The average Bonchev–Trinajstić information content (AvgIpc) is 2.60. The Kier molecular flexibility index (Phi) is 5.24. The van der Waals surface area contributed by atoms with Crippen molar-refractivity contribution in [2.75, 3.05) is 33.8 Å². The van der Waals surface area contributed by atoms with Gasteiger partial charge in [-0.05, 0) is 18.2 Å². The van der Waals surface area contributed by atoms with Gasteiger partial charge in [0, 0.05) is 17.8 Å². The molecule has 1 heterocycles. The van der Waals surface area contributed by atoms with Crippen molar-refractivity contribution in [1.29, 1.82) is 0 Å². The van der Waals surface area contributed by atoms with Gasteiger partial charge in [-0.2, -0.15) is 4.98 Å². The largest absolute Gasteiger partial charge is 0.493 e. The molecule has 0 atom stereocenters. The van der Waals surface area contributed by atoms with Crippen molar-refractivity contribution in [1.82, 2.24) is 4.98 Å². The van der Waals surface area contributed by atoms with Crippen molar-refractivity contribution in [3.05, 3.63) is 35.9 Å². The summed E-state index contributed by atoms with van der Waals surface area (Å²) in [5.41, 5.74) is 0.855. The summed E-state index contributed by atoms with van der Waals surface area (Å²) < 4.78 is 20.5. The molecule has 0 fully saturated rings. The van der Waals surface area contributed by atoms with E-state index in [0.29, 0.717) is 28.6 Å². The molecule has 0 aliphatic rings. The molecule has 0 bridgehead atoms. The highest BCUT2D eigenvalue weighted by Gasteiger charge is 2.16. The smallest absolute Gasteiger partial charge is 0.261 e. The maximum Gasteiger partial charge on any atom is 0.261 e. The molecule has 7 heteroatoms. The second kappa shape index (κ2) is 7.35. The van der Waals surface area contributed by atoms with E-state index in [0.717, 1.165) is 0 Å². The lowest BCUT2D eigenvalue weighted by Gasteiger charge is -2.12. The Morgan fingerprint density at radius 2 is 1.65 bits per heavy atom. The molecule has 0 unspecified atom stereocenters. The van der Waals surface area contributed by atoms with E-state index in [1.165, 1.54) is 21.3 Å². The number of methoxy groups -OCH3 is 4. The Morgan fingerprint density at radius 3 is 2.26 bits per heavy atom. The van der Waals surface area contributed by atoms with E-state index in [4.69, 9.17) is 18.9 Å². The Morgan fingerprint density at radius 1 is 0.913 bits per heavy atom. The summed E-state index contributed by atoms with van der Waals surface area (Å²) in [7, 11) is 6.00. The van der Waals surface area contributed by atoms with E-state index < -0.39 is 0 Å². The van der Waals surface area contributed by atoms with Gasteiger partial charge in [0.05, 0.1) is 28.4 Å². The lowest BCUT2D eigenvalue weighted by atomic mass is 10.2. The highest BCUT2D eigenvalue weighted by atomic mass is 16.5. The molecule has 23 heavy (non-hydrogen) atoms. The van der Waals surface area contributed by atoms with Crippen molar-refractivity contribution in [2.24, 2.45) is 0 Å². The summed E-state index contributed by atoms with van der Waals surface area (Å²) in [5, 5.41) is 2.76. The summed E-state index contributed by atoms with van der Waals surface area (Å²) in [5.74, 6) is 1.29. The van der Waals surface area contributed by atoms with Crippen LogP contribution in [0.15, 0.2) is 30.3 Å². The number of anilines is 1. The molecule has 0 saturated carbocycles. The SMILES string of the molecule is COc1ccc(C(=O)Nc2ccc(OC)c(OC)c2)c(OC)n1. The molecular weight excluding hydrogens is 300 g/mol. The third kappa shape index (κ3) is 3.63. The maximum absolute atomic E-state index is 12.4. The van der Waals surface area contributed by atoms with Crippen molar-refractivity contribution >= 4 is 11.6 Å². The first-order valence-corrected chi connectivity index (χ1v) is 6.75. The second-order valence-electron chi connectivity index (χ2n) is 4.43. The number of nitrogens with one attached hydrogen (secondary N) is 1. The summed E-state index contributed by atoms with van der Waals surface area (Å²) in [6.07, 6.45) is 0. The first kappa shape index (κ1) is 16.4. The van der Waals surface area contributed by atoms with E-state index >= 15 is 0 Å². The summed E-state index contributed by atoms with van der Waals surface area (Å²) in [6.45, 7) is 0. The van der Waals surface area contributed by atoms with Gasteiger partial charge in [0.2, 0.25) is 11.8 Å². The van der Waals surface area contributed by atoms with Crippen molar-refractivity contribution in [2.45, 2.75) is 0 Å². The number of aromatic nitrogens is 1. The molecule has 0 radical (unpaired) electrons. The number of pyridine rings is 1. The quantitative estimate of drug-likeness (QED) is 0.881. The molecular formula is C16H18N2O5. The zero-order chi connectivity index (χ0) is 16.8. The number of carbonyl (C=O) groups excluding carboxylic acids is 1. The number of ether oxygens (including phenoxy) is 4. The number of rotatable bonds is 6. The topological polar surface area (TPSA) is 78.9 Å². The van der Waals surface area contributed by atoms with Crippen LogP contribution in [0.5, 0.6) is 23.3 Å². The zero-order valence-electron chi connectivity index (χ0n) is 13.4. The molecule has 2 rings (SSSR count). The number of benzene rings is 1. The zero-order valence-corrected chi connectivity index (χ0v) is 13.4. The van der Waals surface area contributed by atoms with E-state index in [2.05, 4.69) is 10.3 Å². The highest BCUT2D eigenvalue weighted by molar-refractivity contribution is 6.06. The molecule has 1 aromatic heterocycles. The van der Waals surface area contributed by atoms with Crippen LogP contribution in [0.4, 0.5) is 5.69 Å². The Hall–Kier alpha value is -2.96. The van der Waals surface area contributed by atoms with Crippen molar-refractivity contribution in [3.63, 3.8) is 0 Å². The van der Waals surface area contributed by atoms with Crippen LogP contribution >= 0.6 is 0 Å². The molecule has 2 aromatic rings. The van der Waals surface area contributed by atoms with Gasteiger partial charge >= 0.3 is 0 Å². The standard InChI is InChI=1S/C16H18N2O5/c1-20-12-7-5-10(9-13(12)21-2)17-15(19)11-6-8-14(22-3)18-16(11)23-4/h5-9H,1-4H3,(H,17,19). The van der Waals surface area contributed by atoms with Gasteiger partial charge in [-0.1, -0.05) is 0 Å². The Balaban J connectivity index is 2.25. The van der Waals surface area contributed by atoms with Gasteiger partial charge in [-0.3, -0.25) is 4.79 Å². The molecule has 1 N–H and O–H groups in total. The van der Waals surface area contributed by atoms with Gasteiger partial charge in [0.15, 0.2) is 11.5 Å². The fraction of sp³-hybridized carbons (Fsp3) is 0.250. The summed E-state index contributed by atoms with van der Waals surface area (Å²) in [4.78, 5) is 16.5. The average molecular weight is 318 g/mol. The van der Waals surface area contributed by atoms with Crippen LogP contribution in [-0.4, -0.2) is 39.3 Å². The van der Waals surface area contributed by atoms with Crippen LogP contribution in [0.2, 0.25) is 0 Å². The van der Waals surface area contributed by atoms with Crippen LogP contribution in [0.3, 0.4) is 0 Å². The maximum atomic E-state index is 12.4. The predicted octanol–water partition coefficient (Wildman–Crippen LogP) is 2.37. The Labute approximate surface area is 134 Å². The molecule has 122 valence electrons. The van der Waals surface area contributed by atoms with Crippen molar-refractivity contribution < 1.29 is 23.7 Å². The number of hydrogen-bond donors (Lipinski definition) is 1. The monoisotopic (exact) mass is 318 g/mol. The molecule has 1 amide bonds. The fourth-order valence-corrected chi connectivity index (χ4v) is 1.98. The third-order valence-electron chi connectivity index (χ3n) is 3.12. The van der Waals surface area contributed by atoms with Crippen LogP contribution in [0, 0.1) is 0 Å². The minimum atomic E-state index is -0.357. The molecule has 0 aliphatic heterocycles. The number of hydrogen-bond acceptors (Lipinski definition) is 6. The van der Waals surface area contributed by atoms with Crippen molar-refractivity contribution in [3.8, 4) is 23.3 Å². The van der Waals surface area contributed by atoms with E-state index in [9.17, 15) is 4.79 Å². The number of carbonyl (C=O) groups is 1. The van der Waals surface area contributed by atoms with Gasteiger partial charge in [-0.15, -0.1) is 0 Å². The first-order chi connectivity index (χ1) is 11.1. The van der Waals surface area contributed by atoms with Crippen LogP contribution in [-0.2, 0) is 0 Å². The molecule has 0 spiro atoms. The molecule has 1 aromatic carbocycles. The normalized spacial score (nSPS) is 9.91. The van der Waals surface area contributed by atoms with E-state index in [1.807, 2.05) is 0 Å².